The summed E-state index contributed by atoms with van der Waals surface area (Å²) in [7, 11) is 3.27. The molecule has 2 aromatic rings. The predicted molar refractivity (Wildman–Crippen MR) is 81.7 cm³/mol. The SMILES string of the molecule is COc1ccnc(CNC(C)Cc2cccs2)c1OC. The first-order chi connectivity index (χ1) is 9.74. The van der Waals surface area contributed by atoms with E-state index in [1.165, 1.54) is 4.88 Å². The van der Waals surface area contributed by atoms with Crippen molar-refractivity contribution in [3.63, 3.8) is 0 Å². The highest BCUT2D eigenvalue weighted by atomic mass is 32.1. The monoisotopic (exact) mass is 292 g/mol. The van der Waals surface area contributed by atoms with Gasteiger partial charge in [-0.3, -0.25) is 4.98 Å². The van der Waals surface area contributed by atoms with Gasteiger partial charge in [0.05, 0.1) is 19.9 Å². The van der Waals surface area contributed by atoms with Crippen LogP contribution in [0, 0.1) is 0 Å². The summed E-state index contributed by atoms with van der Waals surface area (Å²) in [5.74, 6) is 1.41. The molecule has 0 spiro atoms. The second-order valence-corrected chi connectivity index (χ2v) is 5.59. The Labute approximate surface area is 123 Å². The van der Waals surface area contributed by atoms with Gasteiger partial charge < -0.3 is 14.8 Å². The van der Waals surface area contributed by atoms with E-state index in [-0.39, 0.29) is 0 Å². The predicted octanol–water partition coefficient (Wildman–Crippen LogP) is 2.88. The van der Waals surface area contributed by atoms with Crippen LogP contribution >= 0.6 is 11.3 Å². The normalized spacial score (nSPS) is 12.2. The van der Waals surface area contributed by atoms with E-state index in [1.807, 2.05) is 0 Å². The van der Waals surface area contributed by atoms with E-state index in [0.29, 0.717) is 24.1 Å². The maximum absolute atomic E-state index is 5.38. The molecule has 0 aliphatic rings. The van der Waals surface area contributed by atoms with E-state index >= 15 is 0 Å². The van der Waals surface area contributed by atoms with Crippen molar-refractivity contribution >= 4 is 11.3 Å². The Hall–Kier alpha value is -1.59. The van der Waals surface area contributed by atoms with E-state index in [4.69, 9.17) is 9.47 Å². The van der Waals surface area contributed by atoms with E-state index < -0.39 is 0 Å². The molecule has 5 heteroatoms. The average molecular weight is 292 g/mol. The molecule has 1 N–H and O–H groups in total. The Kier molecular flexibility index (Phi) is 5.38. The van der Waals surface area contributed by atoms with Gasteiger partial charge in [0.2, 0.25) is 0 Å². The molecule has 2 heterocycles. The molecule has 0 aliphatic heterocycles. The van der Waals surface area contributed by atoms with Gasteiger partial charge in [0.25, 0.3) is 0 Å². The Morgan fingerprint density at radius 3 is 2.80 bits per heavy atom. The molecular weight excluding hydrogens is 272 g/mol. The maximum atomic E-state index is 5.38. The Morgan fingerprint density at radius 2 is 2.15 bits per heavy atom. The zero-order chi connectivity index (χ0) is 14.4. The highest BCUT2D eigenvalue weighted by Gasteiger charge is 2.12. The molecule has 0 saturated heterocycles. The van der Waals surface area contributed by atoms with Crippen LogP contribution in [0.25, 0.3) is 0 Å². The summed E-state index contributed by atoms with van der Waals surface area (Å²) in [6.07, 6.45) is 2.76. The van der Waals surface area contributed by atoms with Gasteiger partial charge in [0.1, 0.15) is 0 Å². The largest absolute Gasteiger partial charge is 0.493 e. The lowest BCUT2D eigenvalue weighted by atomic mass is 10.2. The van der Waals surface area contributed by atoms with E-state index in [9.17, 15) is 0 Å². The molecular formula is C15H20N2O2S. The number of nitrogens with zero attached hydrogens (tertiary/aromatic N) is 1. The minimum Gasteiger partial charge on any atom is -0.493 e. The van der Waals surface area contributed by atoms with Crippen LogP contribution in [0.1, 0.15) is 17.5 Å². The fourth-order valence-electron chi connectivity index (χ4n) is 2.05. The van der Waals surface area contributed by atoms with Crippen LogP contribution in [0.4, 0.5) is 0 Å². The van der Waals surface area contributed by atoms with Crippen molar-refractivity contribution < 1.29 is 9.47 Å². The topological polar surface area (TPSA) is 43.4 Å². The molecule has 20 heavy (non-hydrogen) atoms. The number of methoxy groups -OCH3 is 2. The first-order valence-corrected chi connectivity index (χ1v) is 7.44. The van der Waals surface area contributed by atoms with E-state index in [2.05, 4.69) is 34.7 Å². The van der Waals surface area contributed by atoms with Crippen molar-refractivity contribution in [3.8, 4) is 11.5 Å². The first kappa shape index (κ1) is 14.8. The molecule has 2 rings (SSSR count). The molecule has 0 fully saturated rings. The van der Waals surface area contributed by atoms with Crippen molar-refractivity contribution in [2.24, 2.45) is 0 Å². The van der Waals surface area contributed by atoms with Gasteiger partial charge >= 0.3 is 0 Å². The van der Waals surface area contributed by atoms with Gasteiger partial charge in [-0.25, -0.2) is 0 Å². The van der Waals surface area contributed by atoms with Crippen LogP contribution in [-0.4, -0.2) is 25.2 Å². The van der Waals surface area contributed by atoms with Crippen LogP contribution in [0.3, 0.4) is 0 Å². The molecule has 2 aromatic heterocycles. The van der Waals surface area contributed by atoms with Gasteiger partial charge in [-0.15, -0.1) is 11.3 Å². The van der Waals surface area contributed by atoms with Crippen LogP contribution in [0.5, 0.6) is 11.5 Å². The lowest BCUT2D eigenvalue weighted by Gasteiger charge is -2.15. The number of hydrogen-bond donors (Lipinski definition) is 1. The summed E-state index contributed by atoms with van der Waals surface area (Å²) in [6, 6.07) is 6.43. The lowest BCUT2D eigenvalue weighted by Crippen LogP contribution is -2.27. The smallest absolute Gasteiger partial charge is 0.183 e. The quantitative estimate of drug-likeness (QED) is 0.852. The molecule has 1 atom stereocenters. The fourth-order valence-corrected chi connectivity index (χ4v) is 2.89. The van der Waals surface area contributed by atoms with Crippen LogP contribution in [0.15, 0.2) is 29.8 Å². The van der Waals surface area contributed by atoms with Gasteiger partial charge in [0.15, 0.2) is 11.5 Å². The summed E-state index contributed by atoms with van der Waals surface area (Å²) in [5.41, 5.74) is 0.866. The molecule has 0 saturated carbocycles. The molecule has 0 radical (unpaired) electrons. The minimum atomic E-state index is 0.381. The molecule has 108 valence electrons. The zero-order valence-corrected chi connectivity index (χ0v) is 12.9. The molecule has 0 amide bonds. The number of nitrogens with one attached hydrogen (secondary N) is 1. The van der Waals surface area contributed by atoms with Gasteiger partial charge in [-0.1, -0.05) is 6.07 Å². The molecule has 4 nitrogen and oxygen atoms in total. The molecule has 0 aromatic carbocycles. The van der Waals surface area contributed by atoms with Crippen molar-refractivity contribution in [2.45, 2.75) is 25.9 Å². The summed E-state index contributed by atoms with van der Waals surface area (Å²) in [5, 5.41) is 5.58. The average Bonchev–Trinajstić information content (AvgIpc) is 2.97. The third-order valence-electron chi connectivity index (χ3n) is 3.07. The van der Waals surface area contributed by atoms with Crippen molar-refractivity contribution in [2.75, 3.05) is 14.2 Å². The summed E-state index contributed by atoms with van der Waals surface area (Å²) < 4.78 is 10.7. The summed E-state index contributed by atoms with van der Waals surface area (Å²) in [4.78, 5) is 5.75. The van der Waals surface area contributed by atoms with Crippen LogP contribution in [-0.2, 0) is 13.0 Å². The third kappa shape index (κ3) is 3.71. The highest BCUT2D eigenvalue weighted by molar-refractivity contribution is 7.09. The van der Waals surface area contributed by atoms with Crippen molar-refractivity contribution in [3.05, 3.63) is 40.3 Å². The number of pyridine rings is 1. The Balaban J connectivity index is 1.96. The van der Waals surface area contributed by atoms with Crippen molar-refractivity contribution in [1.82, 2.24) is 10.3 Å². The number of thiophene rings is 1. The number of hydrogen-bond acceptors (Lipinski definition) is 5. The second-order valence-electron chi connectivity index (χ2n) is 4.56. The molecule has 0 aliphatic carbocycles. The first-order valence-electron chi connectivity index (χ1n) is 6.56. The van der Waals surface area contributed by atoms with E-state index in [0.717, 1.165) is 12.1 Å². The van der Waals surface area contributed by atoms with Gasteiger partial charge in [-0.2, -0.15) is 0 Å². The minimum absolute atomic E-state index is 0.381. The van der Waals surface area contributed by atoms with Crippen LogP contribution < -0.4 is 14.8 Å². The molecule has 0 bridgehead atoms. The summed E-state index contributed by atoms with van der Waals surface area (Å²) >= 11 is 1.79. The zero-order valence-electron chi connectivity index (χ0n) is 12.1. The fraction of sp³-hybridized carbons (Fsp3) is 0.400. The Bertz CT molecular complexity index is 529. The standard InChI is InChI=1S/C15H20N2O2S/c1-11(9-12-5-4-8-20-12)17-10-13-15(19-3)14(18-2)6-7-16-13/h4-8,11,17H,9-10H2,1-3H3. The number of aromatic nitrogens is 1. The second kappa shape index (κ2) is 7.26. The summed E-state index contributed by atoms with van der Waals surface area (Å²) in [6.45, 7) is 2.83. The highest BCUT2D eigenvalue weighted by Crippen LogP contribution is 2.28. The van der Waals surface area contributed by atoms with Crippen molar-refractivity contribution in [1.29, 1.82) is 0 Å². The maximum Gasteiger partial charge on any atom is 0.183 e. The number of rotatable bonds is 7. The van der Waals surface area contributed by atoms with E-state index in [1.54, 1.807) is 37.8 Å². The van der Waals surface area contributed by atoms with Crippen LogP contribution in [0.2, 0.25) is 0 Å². The van der Waals surface area contributed by atoms with Gasteiger partial charge in [-0.05, 0) is 24.8 Å². The number of ether oxygens (including phenoxy) is 2. The third-order valence-corrected chi connectivity index (χ3v) is 3.97. The lowest BCUT2D eigenvalue weighted by molar-refractivity contribution is 0.347. The Morgan fingerprint density at radius 1 is 1.30 bits per heavy atom. The van der Waals surface area contributed by atoms with Gasteiger partial charge in [0, 0.05) is 29.7 Å². The molecule has 1 unspecified atom stereocenters.